The zero-order chi connectivity index (χ0) is 8.27. The van der Waals surface area contributed by atoms with Crippen LogP contribution in [0.2, 0.25) is 0 Å². The Kier molecular flexibility index (Phi) is 2.15. The van der Waals surface area contributed by atoms with Crippen LogP contribution in [0.15, 0.2) is 17.3 Å². The second-order valence-corrected chi connectivity index (χ2v) is 1.93. The highest BCUT2D eigenvalue weighted by Gasteiger charge is 2.08. The van der Waals surface area contributed by atoms with Crippen molar-refractivity contribution in [2.45, 2.75) is 0 Å². The molecule has 1 aromatic rings. The minimum atomic E-state index is -1.03. The fraction of sp³-hybridized carbons (Fsp3) is 0. The number of carboxylic acids is 1. The molecular weight excluding hydrogens is 164 g/mol. The minimum Gasteiger partial charge on any atom is -0.478 e. The summed E-state index contributed by atoms with van der Waals surface area (Å²) in [6.45, 7) is 0. The number of aliphatic imine (C=N–C) groups is 1. The van der Waals surface area contributed by atoms with E-state index in [1.165, 1.54) is 12.3 Å². The molecule has 0 radical (unpaired) electrons. The van der Waals surface area contributed by atoms with Crippen LogP contribution in [0, 0.1) is 0 Å². The van der Waals surface area contributed by atoms with Gasteiger partial charge in [0.15, 0.2) is 5.82 Å². The van der Waals surface area contributed by atoms with E-state index >= 15 is 0 Å². The van der Waals surface area contributed by atoms with Crippen LogP contribution in [0.25, 0.3) is 0 Å². The van der Waals surface area contributed by atoms with Crippen LogP contribution in [0.4, 0.5) is 5.82 Å². The molecule has 0 aliphatic heterocycles. The Bertz CT molecular complexity index is 309. The second kappa shape index (κ2) is 3.09. The van der Waals surface area contributed by atoms with Crippen LogP contribution in [0.3, 0.4) is 0 Å². The van der Waals surface area contributed by atoms with Gasteiger partial charge in [-0.3, -0.25) is 0 Å². The molecule has 1 aromatic heterocycles. The van der Waals surface area contributed by atoms with Gasteiger partial charge in [-0.2, -0.15) is 4.99 Å². The molecule has 1 heterocycles. The zero-order valence-corrected chi connectivity index (χ0v) is 6.18. The maximum absolute atomic E-state index is 10.4. The van der Waals surface area contributed by atoms with E-state index in [1.54, 1.807) is 0 Å². The summed E-state index contributed by atoms with van der Waals surface area (Å²) in [7, 11) is 0. The highest BCUT2D eigenvalue weighted by Crippen LogP contribution is 2.14. The molecule has 1 rings (SSSR count). The number of aromatic amines is 1. The number of isothiocyanates is 1. The van der Waals surface area contributed by atoms with Crippen molar-refractivity contribution in [3.05, 3.63) is 17.8 Å². The van der Waals surface area contributed by atoms with Gasteiger partial charge in [0.25, 0.3) is 0 Å². The Morgan fingerprint density at radius 3 is 3.09 bits per heavy atom. The molecule has 0 unspecified atom stereocenters. The molecule has 5 heteroatoms. The second-order valence-electron chi connectivity index (χ2n) is 1.75. The molecule has 11 heavy (non-hydrogen) atoms. The Morgan fingerprint density at radius 2 is 2.55 bits per heavy atom. The first kappa shape index (κ1) is 7.65. The molecule has 0 aliphatic carbocycles. The third-order valence-electron chi connectivity index (χ3n) is 1.11. The number of hydrogen-bond acceptors (Lipinski definition) is 3. The normalized spacial score (nSPS) is 8.73. The lowest BCUT2D eigenvalue weighted by atomic mass is 10.3. The van der Waals surface area contributed by atoms with Crippen LogP contribution in [0.1, 0.15) is 10.4 Å². The van der Waals surface area contributed by atoms with E-state index in [0.29, 0.717) is 0 Å². The Morgan fingerprint density at radius 1 is 1.82 bits per heavy atom. The number of H-pyrrole nitrogens is 1. The lowest BCUT2D eigenvalue weighted by Gasteiger charge is -1.87. The molecule has 0 saturated carbocycles. The van der Waals surface area contributed by atoms with Gasteiger partial charge in [-0.05, 0) is 18.3 Å². The Labute approximate surface area is 67.6 Å². The summed E-state index contributed by atoms with van der Waals surface area (Å²) < 4.78 is 0. The summed E-state index contributed by atoms with van der Waals surface area (Å²) >= 11 is 4.32. The Hall–Kier alpha value is -1.45. The average molecular weight is 168 g/mol. The summed E-state index contributed by atoms with van der Waals surface area (Å²) in [5.74, 6) is -0.803. The van der Waals surface area contributed by atoms with E-state index in [-0.39, 0.29) is 11.4 Å². The fourth-order valence-electron chi connectivity index (χ4n) is 0.671. The molecule has 56 valence electrons. The predicted molar refractivity (Wildman–Crippen MR) is 42.4 cm³/mol. The number of thiocarbonyl (C=S) groups is 1. The van der Waals surface area contributed by atoms with Gasteiger partial charge in [-0.15, -0.1) is 0 Å². The summed E-state index contributed by atoms with van der Waals surface area (Å²) in [5, 5.41) is 10.6. The monoisotopic (exact) mass is 168 g/mol. The maximum atomic E-state index is 10.4. The molecule has 0 saturated heterocycles. The number of carbonyl (C=O) groups is 1. The molecule has 0 fully saturated rings. The molecule has 4 nitrogen and oxygen atoms in total. The van der Waals surface area contributed by atoms with Crippen LogP contribution >= 0.6 is 12.2 Å². The molecule has 2 N–H and O–H groups in total. The number of rotatable bonds is 2. The maximum Gasteiger partial charge on any atom is 0.339 e. The van der Waals surface area contributed by atoms with Gasteiger partial charge in [0.1, 0.15) is 5.56 Å². The van der Waals surface area contributed by atoms with Crippen LogP contribution in [-0.4, -0.2) is 21.2 Å². The van der Waals surface area contributed by atoms with Gasteiger partial charge in [-0.25, -0.2) is 4.79 Å². The van der Waals surface area contributed by atoms with Gasteiger partial charge in [0.05, 0.1) is 5.16 Å². The van der Waals surface area contributed by atoms with Crippen LogP contribution < -0.4 is 0 Å². The summed E-state index contributed by atoms with van der Waals surface area (Å²) in [6.07, 6.45) is 1.48. The lowest BCUT2D eigenvalue weighted by molar-refractivity contribution is 0.0698. The van der Waals surface area contributed by atoms with E-state index < -0.39 is 5.97 Å². The molecule has 0 bridgehead atoms. The van der Waals surface area contributed by atoms with Crippen molar-refractivity contribution < 1.29 is 9.90 Å². The van der Waals surface area contributed by atoms with Crippen molar-refractivity contribution in [3.8, 4) is 0 Å². The van der Waals surface area contributed by atoms with Gasteiger partial charge in [0, 0.05) is 6.20 Å². The van der Waals surface area contributed by atoms with Crippen molar-refractivity contribution in [1.82, 2.24) is 4.98 Å². The highest BCUT2D eigenvalue weighted by molar-refractivity contribution is 7.78. The number of aromatic carboxylic acids is 1. The zero-order valence-electron chi connectivity index (χ0n) is 5.37. The third kappa shape index (κ3) is 1.52. The quantitative estimate of drug-likeness (QED) is 0.518. The summed E-state index contributed by atoms with van der Waals surface area (Å²) in [4.78, 5) is 16.5. The number of nitrogens with one attached hydrogen (secondary N) is 1. The number of carboxylic acid groups (broad SMARTS) is 1. The van der Waals surface area contributed by atoms with Crippen molar-refractivity contribution in [2.75, 3.05) is 0 Å². The van der Waals surface area contributed by atoms with E-state index in [9.17, 15) is 4.79 Å². The van der Waals surface area contributed by atoms with Gasteiger partial charge in [-0.1, -0.05) is 0 Å². The standard InChI is InChI=1S/C6H4N2O2S/c9-6(10)4-1-2-7-5(4)8-3-11/h1-2,7H,(H,9,10). The first-order chi connectivity index (χ1) is 5.25. The largest absolute Gasteiger partial charge is 0.478 e. The first-order valence-corrected chi connectivity index (χ1v) is 3.15. The summed E-state index contributed by atoms with van der Waals surface area (Å²) in [6, 6.07) is 1.41. The number of hydrogen-bond donors (Lipinski definition) is 2. The van der Waals surface area contributed by atoms with E-state index in [0.717, 1.165) is 0 Å². The van der Waals surface area contributed by atoms with E-state index in [1.807, 2.05) is 0 Å². The first-order valence-electron chi connectivity index (χ1n) is 2.74. The molecule has 0 spiro atoms. The highest BCUT2D eigenvalue weighted by atomic mass is 32.1. The van der Waals surface area contributed by atoms with Crippen molar-refractivity contribution in [1.29, 1.82) is 0 Å². The number of aromatic nitrogens is 1. The molecule has 0 aromatic carbocycles. The SMILES string of the molecule is O=C(O)c1cc[nH]c1N=C=S. The molecule has 0 aliphatic rings. The minimum absolute atomic E-state index is 0.0994. The Balaban J connectivity index is 3.15. The molecular formula is C6H4N2O2S. The van der Waals surface area contributed by atoms with Crippen LogP contribution in [0.5, 0.6) is 0 Å². The summed E-state index contributed by atoms with van der Waals surface area (Å²) in [5.41, 5.74) is 0.0994. The molecule has 0 amide bonds. The van der Waals surface area contributed by atoms with Crippen molar-refractivity contribution in [3.63, 3.8) is 0 Å². The number of nitrogens with zero attached hydrogens (tertiary/aromatic N) is 1. The third-order valence-corrected chi connectivity index (χ3v) is 1.20. The fourth-order valence-corrected chi connectivity index (χ4v) is 0.763. The van der Waals surface area contributed by atoms with Crippen molar-refractivity contribution >= 4 is 29.2 Å². The van der Waals surface area contributed by atoms with Gasteiger partial charge >= 0.3 is 5.97 Å². The lowest BCUT2D eigenvalue weighted by Crippen LogP contribution is -1.93. The van der Waals surface area contributed by atoms with Gasteiger partial charge < -0.3 is 10.1 Å². The molecule has 0 atom stereocenters. The van der Waals surface area contributed by atoms with Crippen molar-refractivity contribution in [2.24, 2.45) is 4.99 Å². The van der Waals surface area contributed by atoms with E-state index in [4.69, 9.17) is 5.11 Å². The topological polar surface area (TPSA) is 65.4 Å². The predicted octanol–water partition coefficient (Wildman–Crippen LogP) is 1.45. The smallest absolute Gasteiger partial charge is 0.339 e. The average Bonchev–Trinajstić information content (AvgIpc) is 2.36. The van der Waals surface area contributed by atoms with Gasteiger partial charge in [0.2, 0.25) is 0 Å². The van der Waals surface area contributed by atoms with E-state index in [2.05, 4.69) is 27.4 Å². The van der Waals surface area contributed by atoms with Crippen LogP contribution in [-0.2, 0) is 0 Å².